The van der Waals surface area contributed by atoms with Gasteiger partial charge in [-0.25, -0.2) is 13.4 Å². The second-order valence-corrected chi connectivity index (χ2v) is 9.33. The predicted octanol–water partition coefficient (Wildman–Crippen LogP) is 2.89. The Morgan fingerprint density at radius 1 is 1.06 bits per heavy atom. The van der Waals surface area contributed by atoms with E-state index in [9.17, 15) is 13.5 Å². The van der Waals surface area contributed by atoms with E-state index in [1.54, 1.807) is 31.4 Å². The van der Waals surface area contributed by atoms with Crippen LogP contribution in [0.15, 0.2) is 48.7 Å². The Bertz CT molecular complexity index is 1260. The number of benzene rings is 2. The van der Waals surface area contributed by atoms with Crippen molar-refractivity contribution in [2.45, 2.75) is 0 Å². The van der Waals surface area contributed by atoms with Crippen molar-refractivity contribution < 1.29 is 23.0 Å². The Balaban J connectivity index is 1.56. The number of aromatic hydroxyl groups is 1. The zero-order valence-electron chi connectivity index (χ0n) is 18.8. The first kappa shape index (κ1) is 23.4. The summed E-state index contributed by atoms with van der Waals surface area (Å²) in [6.07, 6.45) is 2.31. The number of ether oxygens (including phenoxy) is 2. The summed E-state index contributed by atoms with van der Waals surface area (Å²) < 4.78 is 36.7. The van der Waals surface area contributed by atoms with E-state index in [-0.39, 0.29) is 17.5 Å². The van der Waals surface area contributed by atoms with Gasteiger partial charge in [0.2, 0.25) is 16.0 Å². The molecular formula is C22H26N6O5S. The zero-order chi connectivity index (χ0) is 24.1. The monoisotopic (exact) mass is 486 g/mol. The molecule has 180 valence electrons. The number of methoxy groups -OCH3 is 1. The van der Waals surface area contributed by atoms with Gasteiger partial charge in [-0.1, -0.05) is 12.1 Å². The van der Waals surface area contributed by atoms with E-state index < -0.39 is 10.0 Å². The molecule has 1 aromatic heterocycles. The molecule has 1 saturated heterocycles. The highest BCUT2D eigenvalue weighted by Gasteiger charge is 2.15. The van der Waals surface area contributed by atoms with Crippen molar-refractivity contribution in [2.75, 3.05) is 59.9 Å². The molecule has 0 saturated carbocycles. The molecule has 0 bridgehead atoms. The summed E-state index contributed by atoms with van der Waals surface area (Å²) in [6.45, 7) is 2.98. The Hall–Kier alpha value is -3.77. The van der Waals surface area contributed by atoms with Gasteiger partial charge in [0.05, 0.1) is 49.8 Å². The summed E-state index contributed by atoms with van der Waals surface area (Å²) in [4.78, 5) is 10.7. The number of morpholine rings is 1. The number of anilines is 6. The maximum absolute atomic E-state index is 11.7. The minimum absolute atomic E-state index is 0.101. The van der Waals surface area contributed by atoms with E-state index >= 15 is 0 Å². The first-order valence-electron chi connectivity index (χ1n) is 10.5. The Kier molecular flexibility index (Phi) is 6.89. The number of aromatic nitrogens is 2. The number of nitrogens with one attached hydrogen (secondary N) is 3. The van der Waals surface area contributed by atoms with Gasteiger partial charge in [0.25, 0.3) is 0 Å². The summed E-state index contributed by atoms with van der Waals surface area (Å²) in [5.41, 5.74) is 2.41. The summed E-state index contributed by atoms with van der Waals surface area (Å²) >= 11 is 0. The van der Waals surface area contributed by atoms with Gasteiger partial charge in [-0.15, -0.1) is 0 Å². The van der Waals surface area contributed by atoms with E-state index in [2.05, 4.69) is 30.2 Å². The number of sulfonamides is 1. The number of nitrogens with zero attached hydrogens (tertiary/aromatic N) is 3. The summed E-state index contributed by atoms with van der Waals surface area (Å²) in [5, 5.41) is 16.3. The van der Waals surface area contributed by atoms with Crippen LogP contribution in [0.4, 0.5) is 34.5 Å². The van der Waals surface area contributed by atoms with Gasteiger partial charge in [0.15, 0.2) is 11.6 Å². The Labute approximate surface area is 197 Å². The lowest BCUT2D eigenvalue weighted by atomic mass is 10.2. The van der Waals surface area contributed by atoms with Crippen LogP contribution >= 0.6 is 0 Å². The molecule has 0 aliphatic carbocycles. The molecule has 0 unspecified atom stereocenters. The fourth-order valence-corrected chi connectivity index (χ4v) is 4.04. The molecule has 1 fully saturated rings. The fourth-order valence-electron chi connectivity index (χ4n) is 3.46. The number of hydrogen-bond acceptors (Lipinski definition) is 10. The molecular weight excluding hydrogens is 460 g/mol. The van der Waals surface area contributed by atoms with Crippen molar-refractivity contribution in [3.63, 3.8) is 0 Å². The predicted molar refractivity (Wildman–Crippen MR) is 131 cm³/mol. The van der Waals surface area contributed by atoms with Crippen molar-refractivity contribution in [2.24, 2.45) is 0 Å². The maximum Gasteiger partial charge on any atom is 0.229 e. The molecule has 0 amide bonds. The standard InChI is InChI=1S/C22H26N6O5S/c1-32-20-13-15(28-9-11-33-12-10-28)7-8-18(20)25-22-23-14-19(29)21(26-22)24-16-5-3-4-6-17(16)27-34(2,30)31/h3-8,13-14,27,29H,9-12H2,1-2H3,(H2,23,24,25,26). The summed E-state index contributed by atoms with van der Waals surface area (Å²) in [7, 11) is -1.91. The fraction of sp³-hybridized carbons (Fsp3) is 0.273. The highest BCUT2D eigenvalue weighted by atomic mass is 32.2. The van der Waals surface area contributed by atoms with Crippen LogP contribution in [0.25, 0.3) is 0 Å². The van der Waals surface area contributed by atoms with E-state index in [0.29, 0.717) is 36.0 Å². The van der Waals surface area contributed by atoms with Crippen molar-refractivity contribution in [3.05, 3.63) is 48.7 Å². The first-order valence-corrected chi connectivity index (χ1v) is 12.4. The minimum atomic E-state index is -3.49. The lowest BCUT2D eigenvalue weighted by molar-refractivity contribution is 0.122. The van der Waals surface area contributed by atoms with Crippen molar-refractivity contribution in [1.29, 1.82) is 0 Å². The average Bonchev–Trinajstić information content (AvgIpc) is 2.82. The molecule has 1 aliphatic heterocycles. The topological polar surface area (TPSA) is 138 Å². The van der Waals surface area contributed by atoms with Gasteiger partial charge in [-0.2, -0.15) is 4.98 Å². The highest BCUT2D eigenvalue weighted by molar-refractivity contribution is 7.92. The third kappa shape index (κ3) is 5.77. The first-order chi connectivity index (χ1) is 16.3. The molecule has 12 heteroatoms. The van der Waals surface area contributed by atoms with E-state index in [0.717, 1.165) is 25.0 Å². The maximum atomic E-state index is 11.7. The second kappa shape index (κ2) is 10.0. The summed E-state index contributed by atoms with van der Waals surface area (Å²) in [5.74, 6) is 0.725. The van der Waals surface area contributed by atoms with Crippen LogP contribution < -0.4 is 25.0 Å². The molecule has 1 aliphatic rings. The van der Waals surface area contributed by atoms with Crippen LogP contribution in [0.3, 0.4) is 0 Å². The van der Waals surface area contributed by atoms with Crippen LogP contribution in [0.2, 0.25) is 0 Å². The molecule has 0 radical (unpaired) electrons. The Morgan fingerprint density at radius 2 is 1.79 bits per heavy atom. The zero-order valence-corrected chi connectivity index (χ0v) is 19.6. The van der Waals surface area contributed by atoms with E-state index in [1.165, 1.54) is 6.20 Å². The second-order valence-electron chi connectivity index (χ2n) is 7.58. The summed E-state index contributed by atoms with van der Waals surface area (Å²) in [6, 6.07) is 12.5. The molecule has 0 spiro atoms. The lowest BCUT2D eigenvalue weighted by Gasteiger charge is -2.29. The third-order valence-electron chi connectivity index (χ3n) is 5.05. The lowest BCUT2D eigenvalue weighted by Crippen LogP contribution is -2.36. The van der Waals surface area contributed by atoms with Crippen molar-refractivity contribution in [1.82, 2.24) is 9.97 Å². The van der Waals surface area contributed by atoms with Gasteiger partial charge in [0.1, 0.15) is 5.75 Å². The highest BCUT2D eigenvalue weighted by Crippen LogP contribution is 2.34. The molecule has 3 aromatic rings. The molecule has 2 aromatic carbocycles. The largest absolute Gasteiger partial charge is 0.503 e. The number of hydrogen-bond donors (Lipinski definition) is 4. The number of rotatable bonds is 8. The van der Waals surface area contributed by atoms with Crippen LogP contribution in [0, 0.1) is 0 Å². The smallest absolute Gasteiger partial charge is 0.229 e. The van der Waals surface area contributed by atoms with Gasteiger partial charge < -0.3 is 30.1 Å². The van der Waals surface area contributed by atoms with Gasteiger partial charge in [-0.05, 0) is 24.3 Å². The van der Waals surface area contributed by atoms with Crippen molar-refractivity contribution in [3.8, 4) is 11.5 Å². The van der Waals surface area contributed by atoms with Gasteiger partial charge in [0, 0.05) is 24.8 Å². The molecule has 34 heavy (non-hydrogen) atoms. The van der Waals surface area contributed by atoms with Crippen LogP contribution in [-0.4, -0.2) is 63.2 Å². The van der Waals surface area contributed by atoms with Gasteiger partial charge >= 0.3 is 0 Å². The van der Waals surface area contributed by atoms with Crippen LogP contribution in [-0.2, 0) is 14.8 Å². The minimum Gasteiger partial charge on any atom is -0.503 e. The van der Waals surface area contributed by atoms with Crippen LogP contribution in [0.5, 0.6) is 11.5 Å². The van der Waals surface area contributed by atoms with E-state index in [1.807, 2.05) is 18.2 Å². The molecule has 11 nitrogen and oxygen atoms in total. The van der Waals surface area contributed by atoms with Crippen molar-refractivity contribution >= 4 is 44.5 Å². The molecule has 2 heterocycles. The SMILES string of the molecule is COc1cc(N2CCOCC2)ccc1Nc1ncc(O)c(Nc2ccccc2NS(C)(=O)=O)n1. The molecule has 4 N–H and O–H groups in total. The normalized spacial score (nSPS) is 13.9. The van der Waals surface area contributed by atoms with Crippen LogP contribution in [0.1, 0.15) is 0 Å². The molecule has 4 rings (SSSR count). The average molecular weight is 487 g/mol. The van der Waals surface area contributed by atoms with E-state index in [4.69, 9.17) is 9.47 Å². The third-order valence-corrected chi connectivity index (χ3v) is 5.64. The Morgan fingerprint density at radius 3 is 2.50 bits per heavy atom. The number of para-hydroxylation sites is 2. The molecule has 0 atom stereocenters. The van der Waals surface area contributed by atoms with Gasteiger partial charge in [-0.3, -0.25) is 4.72 Å². The quantitative estimate of drug-likeness (QED) is 0.376.